The van der Waals surface area contributed by atoms with Gasteiger partial charge in [0.15, 0.2) is 0 Å². The first-order chi connectivity index (χ1) is 7.19. The van der Waals surface area contributed by atoms with Crippen LogP contribution in [-0.4, -0.2) is 4.98 Å². The van der Waals surface area contributed by atoms with Gasteiger partial charge in [-0.2, -0.15) is 5.26 Å². The highest BCUT2D eigenvalue weighted by Gasteiger charge is 2.17. The van der Waals surface area contributed by atoms with Crippen LogP contribution in [0.3, 0.4) is 0 Å². The SMILES string of the molecule is CCC(C)C(CC#N)c1ccnc(Br)c1. The first kappa shape index (κ1) is 12.2. The van der Waals surface area contributed by atoms with Gasteiger partial charge in [-0.25, -0.2) is 4.98 Å². The van der Waals surface area contributed by atoms with E-state index in [1.54, 1.807) is 6.20 Å². The quantitative estimate of drug-likeness (QED) is 0.776. The molecule has 0 bridgehead atoms. The van der Waals surface area contributed by atoms with Crippen molar-refractivity contribution >= 4 is 15.9 Å². The van der Waals surface area contributed by atoms with Crippen molar-refractivity contribution in [3.63, 3.8) is 0 Å². The normalized spacial score (nSPS) is 14.3. The first-order valence-electron chi connectivity index (χ1n) is 5.17. The van der Waals surface area contributed by atoms with Gasteiger partial charge in [0, 0.05) is 12.6 Å². The van der Waals surface area contributed by atoms with Crippen molar-refractivity contribution in [2.24, 2.45) is 5.92 Å². The Labute approximate surface area is 99.5 Å². The van der Waals surface area contributed by atoms with E-state index >= 15 is 0 Å². The van der Waals surface area contributed by atoms with Crippen LogP contribution >= 0.6 is 15.9 Å². The second-order valence-corrected chi connectivity index (χ2v) is 4.58. The van der Waals surface area contributed by atoms with Gasteiger partial charge in [0.25, 0.3) is 0 Å². The number of nitrogens with zero attached hydrogens (tertiary/aromatic N) is 2. The van der Waals surface area contributed by atoms with Gasteiger partial charge >= 0.3 is 0 Å². The van der Waals surface area contributed by atoms with Gasteiger partial charge < -0.3 is 0 Å². The summed E-state index contributed by atoms with van der Waals surface area (Å²) in [5.74, 6) is 0.846. The van der Waals surface area contributed by atoms with Crippen LogP contribution in [0.1, 0.15) is 38.2 Å². The molecule has 0 saturated carbocycles. The summed E-state index contributed by atoms with van der Waals surface area (Å²) in [5, 5.41) is 8.83. The summed E-state index contributed by atoms with van der Waals surface area (Å²) in [4.78, 5) is 4.10. The Morgan fingerprint density at radius 3 is 2.87 bits per heavy atom. The molecule has 3 heteroatoms. The molecule has 0 spiro atoms. The molecule has 0 radical (unpaired) electrons. The van der Waals surface area contributed by atoms with E-state index in [9.17, 15) is 0 Å². The van der Waals surface area contributed by atoms with Gasteiger partial charge in [-0.05, 0) is 45.5 Å². The predicted octanol–water partition coefficient (Wildman–Crippen LogP) is 3.89. The largest absolute Gasteiger partial charge is 0.249 e. The molecule has 0 fully saturated rings. The van der Waals surface area contributed by atoms with Crippen LogP contribution in [0.2, 0.25) is 0 Å². The molecule has 0 N–H and O–H groups in total. The lowest BCUT2D eigenvalue weighted by atomic mass is 9.84. The minimum Gasteiger partial charge on any atom is -0.249 e. The summed E-state index contributed by atoms with van der Waals surface area (Å²) in [6, 6.07) is 6.27. The van der Waals surface area contributed by atoms with Crippen molar-refractivity contribution in [2.45, 2.75) is 32.6 Å². The summed E-state index contributed by atoms with van der Waals surface area (Å²) in [6.07, 6.45) is 3.45. The molecule has 0 saturated heterocycles. The summed E-state index contributed by atoms with van der Waals surface area (Å²) in [6.45, 7) is 4.35. The molecular formula is C12H15BrN2. The number of pyridine rings is 1. The molecule has 1 rings (SSSR count). The van der Waals surface area contributed by atoms with Gasteiger partial charge in [-0.15, -0.1) is 0 Å². The molecule has 0 aliphatic carbocycles. The lowest BCUT2D eigenvalue weighted by Crippen LogP contribution is -2.08. The molecule has 2 nitrogen and oxygen atoms in total. The highest BCUT2D eigenvalue weighted by Crippen LogP contribution is 2.30. The highest BCUT2D eigenvalue weighted by atomic mass is 79.9. The van der Waals surface area contributed by atoms with Crippen molar-refractivity contribution in [2.75, 3.05) is 0 Å². The molecular weight excluding hydrogens is 252 g/mol. The fourth-order valence-electron chi connectivity index (χ4n) is 1.68. The second-order valence-electron chi connectivity index (χ2n) is 3.77. The zero-order chi connectivity index (χ0) is 11.3. The van der Waals surface area contributed by atoms with E-state index in [4.69, 9.17) is 5.26 Å². The third kappa shape index (κ3) is 3.32. The molecule has 0 aliphatic heterocycles. The summed E-state index contributed by atoms with van der Waals surface area (Å²) >= 11 is 3.36. The van der Waals surface area contributed by atoms with Crippen molar-refractivity contribution in [3.8, 4) is 6.07 Å². The zero-order valence-electron chi connectivity index (χ0n) is 9.07. The van der Waals surface area contributed by atoms with Crippen LogP contribution in [0.25, 0.3) is 0 Å². The molecule has 1 aromatic heterocycles. The van der Waals surface area contributed by atoms with Gasteiger partial charge in [-0.3, -0.25) is 0 Å². The number of hydrogen-bond donors (Lipinski definition) is 0. The fourth-order valence-corrected chi connectivity index (χ4v) is 2.06. The van der Waals surface area contributed by atoms with Gasteiger partial charge in [0.2, 0.25) is 0 Å². The Kier molecular flexibility index (Phi) is 4.77. The number of hydrogen-bond acceptors (Lipinski definition) is 2. The molecule has 80 valence electrons. The third-order valence-electron chi connectivity index (χ3n) is 2.82. The molecule has 15 heavy (non-hydrogen) atoms. The van der Waals surface area contributed by atoms with Crippen LogP contribution in [-0.2, 0) is 0 Å². The summed E-state index contributed by atoms with van der Waals surface area (Å²) in [5.41, 5.74) is 1.20. The first-order valence-corrected chi connectivity index (χ1v) is 5.96. The Balaban J connectivity index is 2.94. The molecule has 1 aromatic rings. The molecule has 0 aliphatic rings. The topological polar surface area (TPSA) is 36.7 Å². The lowest BCUT2D eigenvalue weighted by Gasteiger charge is -2.20. The maximum absolute atomic E-state index is 8.83. The van der Waals surface area contributed by atoms with E-state index in [2.05, 4.69) is 40.8 Å². The second kappa shape index (κ2) is 5.87. The summed E-state index contributed by atoms with van der Waals surface area (Å²) < 4.78 is 0.839. The Morgan fingerprint density at radius 2 is 2.33 bits per heavy atom. The molecule has 0 aromatic carbocycles. The van der Waals surface area contributed by atoms with Crippen molar-refractivity contribution in [3.05, 3.63) is 28.5 Å². The number of halogens is 1. The van der Waals surface area contributed by atoms with E-state index in [1.807, 2.05) is 12.1 Å². The minimum absolute atomic E-state index is 0.319. The maximum Gasteiger partial charge on any atom is 0.106 e. The van der Waals surface area contributed by atoms with Gasteiger partial charge in [0.05, 0.1) is 6.07 Å². The number of aromatic nitrogens is 1. The smallest absolute Gasteiger partial charge is 0.106 e. The Hall–Kier alpha value is -0.880. The van der Waals surface area contributed by atoms with Crippen LogP contribution in [0, 0.1) is 17.2 Å². The molecule has 0 amide bonds. The van der Waals surface area contributed by atoms with E-state index < -0.39 is 0 Å². The van der Waals surface area contributed by atoms with Gasteiger partial charge in [-0.1, -0.05) is 20.3 Å². The fraction of sp³-hybridized carbons (Fsp3) is 0.500. The molecule has 2 unspecified atom stereocenters. The van der Waals surface area contributed by atoms with E-state index in [0.717, 1.165) is 11.0 Å². The van der Waals surface area contributed by atoms with E-state index in [1.165, 1.54) is 5.56 Å². The predicted molar refractivity (Wildman–Crippen MR) is 64.4 cm³/mol. The van der Waals surface area contributed by atoms with E-state index in [-0.39, 0.29) is 0 Å². The van der Waals surface area contributed by atoms with Crippen LogP contribution in [0.4, 0.5) is 0 Å². The average molecular weight is 267 g/mol. The van der Waals surface area contributed by atoms with E-state index in [0.29, 0.717) is 18.3 Å². The lowest BCUT2D eigenvalue weighted by molar-refractivity contribution is 0.450. The molecule has 2 atom stereocenters. The van der Waals surface area contributed by atoms with Crippen LogP contribution in [0.15, 0.2) is 22.9 Å². The van der Waals surface area contributed by atoms with Crippen LogP contribution < -0.4 is 0 Å². The minimum atomic E-state index is 0.319. The Morgan fingerprint density at radius 1 is 1.60 bits per heavy atom. The maximum atomic E-state index is 8.83. The highest BCUT2D eigenvalue weighted by molar-refractivity contribution is 9.10. The average Bonchev–Trinajstić information content (AvgIpc) is 2.25. The Bertz CT molecular complexity index is 357. The van der Waals surface area contributed by atoms with Crippen molar-refractivity contribution in [1.29, 1.82) is 5.26 Å². The number of rotatable bonds is 4. The standard InChI is InChI=1S/C12H15BrN2/c1-3-9(2)11(4-6-14)10-5-7-15-12(13)8-10/h5,7-9,11H,3-4H2,1-2H3. The monoisotopic (exact) mass is 266 g/mol. The van der Waals surface area contributed by atoms with Gasteiger partial charge in [0.1, 0.15) is 4.60 Å². The summed E-state index contributed by atoms with van der Waals surface area (Å²) in [7, 11) is 0. The van der Waals surface area contributed by atoms with Crippen LogP contribution in [0.5, 0.6) is 0 Å². The van der Waals surface area contributed by atoms with Crippen molar-refractivity contribution < 1.29 is 0 Å². The zero-order valence-corrected chi connectivity index (χ0v) is 10.7. The number of nitriles is 1. The third-order valence-corrected chi connectivity index (χ3v) is 3.25. The van der Waals surface area contributed by atoms with Crippen molar-refractivity contribution in [1.82, 2.24) is 4.98 Å². The molecule has 1 heterocycles.